The maximum absolute atomic E-state index is 12.2. The molecule has 0 heterocycles. The molecule has 0 saturated carbocycles. The minimum Gasteiger partial charge on any atom is -0.357 e. The molecule has 0 spiro atoms. The van der Waals surface area contributed by atoms with Crippen LogP contribution >= 0.6 is 35.6 Å². The van der Waals surface area contributed by atoms with E-state index in [0.717, 1.165) is 5.56 Å². The van der Waals surface area contributed by atoms with E-state index in [1.165, 1.54) is 11.9 Å². The number of halogens is 5. The van der Waals surface area contributed by atoms with Crippen LogP contribution in [0.4, 0.5) is 13.2 Å². The van der Waals surface area contributed by atoms with Gasteiger partial charge in [-0.15, -0.1) is 24.0 Å². The Morgan fingerprint density at radius 3 is 2.60 bits per heavy atom. The summed E-state index contributed by atoms with van der Waals surface area (Å²) >= 11 is 5.93. The average Bonchev–Trinajstić information content (AvgIpc) is 2.47. The molecule has 1 aromatic rings. The van der Waals surface area contributed by atoms with Crippen LogP contribution in [-0.2, 0) is 6.54 Å². The monoisotopic (exact) mass is 492 g/mol. The van der Waals surface area contributed by atoms with Crippen LogP contribution < -0.4 is 10.6 Å². The quantitative estimate of drug-likeness (QED) is 0.250. The van der Waals surface area contributed by atoms with Crippen LogP contribution in [0.25, 0.3) is 0 Å². The van der Waals surface area contributed by atoms with Gasteiger partial charge in [0.15, 0.2) is 5.96 Å². The van der Waals surface area contributed by atoms with Crippen molar-refractivity contribution >= 4 is 41.5 Å². The van der Waals surface area contributed by atoms with Crippen molar-refractivity contribution in [2.75, 3.05) is 33.2 Å². The molecule has 0 bridgehead atoms. The molecule has 0 saturated heterocycles. The molecule has 0 aliphatic rings. The van der Waals surface area contributed by atoms with E-state index in [1.807, 2.05) is 25.1 Å². The Morgan fingerprint density at radius 1 is 1.28 bits per heavy atom. The van der Waals surface area contributed by atoms with Gasteiger partial charge in [-0.2, -0.15) is 13.2 Å². The lowest BCUT2D eigenvalue weighted by molar-refractivity contribution is -0.143. The summed E-state index contributed by atoms with van der Waals surface area (Å²) in [5.74, 6) is 0.635. The Morgan fingerprint density at radius 2 is 2.00 bits per heavy atom. The zero-order chi connectivity index (χ0) is 18.0. The molecule has 0 aromatic heterocycles. The summed E-state index contributed by atoms with van der Waals surface area (Å²) in [7, 11) is 1.46. The van der Waals surface area contributed by atoms with Crippen molar-refractivity contribution in [1.82, 2.24) is 15.5 Å². The fourth-order valence-corrected chi connectivity index (χ4v) is 2.30. The van der Waals surface area contributed by atoms with Gasteiger partial charge in [0.05, 0.1) is 13.1 Å². The molecule has 0 aliphatic heterocycles. The molecule has 0 radical (unpaired) electrons. The first-order valence-corrected chi connectivity index (χ1v) is 8.20. The second kappa shape index (κ2) is 12.6. The van der Waals surface area contributed by atoms with E-state index in [2.05, 4.69) is 15.6 Å². The Bertz CT molecular complexity index is 526. The van der Waals surface area contributed by atoms with E-state index in [-0.39, 0.29) is 24.0 Å². The van der Waals surface area contributed by atoms with Gasteiger partial charge < -0.3 is 10.6 Å². The highest BCUT2D eigenvalue weighted by Crippen LogP contribution is 2.15. The summed E-state index contributed by atoms with van der Waals surface area (Å²) in [6.45, 7) is 3.15. The van der Waals surface area contributed by atoms with Crippen LogP contribution in [-0.4, -0.2) is 50.3 Å². The number of nitrogens with one attached hydrogen (secondary N) is 2. The molecule has 0 atom stereocenters. The summed E-state index contributed by atoms with van der Waals surface area (Å²) in [6.07, 6.45) is -3.57. The third kappa shape index (κ3) is 12.3. The fraction of sp³-hybridized carbons (Fsp3) is 0.562. The summed E-state index contributed by atoms with van der Waals surface area (Å²) in [5, 5.41) is 6.89. The van der Waals surface area contributed by atoms with Crippen molar-refractivity contribution in [3.63, 3.8) is 0 Å². The van der Waals surface area contributed by atoms with Crippen molar-refractivity contribution < 1.29 is 13.2 Å². The average molecular weight is 493 g/mol. The molecule has 1 aromatic carbocycles. The van der Waals surface area contributed by atoms with Crippen LogP contribution in [0.2, 0.25) is 5.02 Å². The highest BCUT2D eigenvalue weighted by molar-refractivity contribution is 14.0. The second-order valence-corrected chi connectivity index (χ2v) is 5.89. The van der Waals surface area contributed by atoms with Gasteiger partial charge in [-0.3, -0.25) is 4.90 Å². The second-order valence-electron chi connectivity index (χ2n) is 5.46. The highest BCUT2D eigenvalue weighted by atomic mass is 127. The molecule has 0 fully saturated rings. The minimum atomic E-state index is -4.16. The van der Waals surface area contributed by atoms with Gasteiger partial charge in [0.25, 0.3) is 0 Å². The zero-order valence-corrected chi connectivity index (χ0v) is 17.5. The SMILES string of the molecule is CCNC(=NCc1cccc(Cl)c1)NCCCN(C)CC(F)(F)F.I. The van der Waals surface area contributed by atoms with Crippen LogP contribution in [0.3, 0.4) is 0 Å². The van der Waals surface area contributed by atoms with Gasteiger partial charge >= 0.3 is 6.18 Å². The van der Waals surface area contributed by atoms with Gasteiger partial charge in [0, 0.05) is 18.1 Å². The number of hydrogen-bond donors (Lipinski definition) is 2. The maximum Gasteiger partial charge on any atom is 0.401 e. The molecule has 0 amide bonds. The van der Waals surface area contributed by atoms with E-state index < -0.39 is 12.7 Å². The normalized spacial score (nSPS) is 12.0. The maximum atomic E-state index is 12.2. The van der Waals surface area contributed by atoms with E-state index >= 15 is 0 Å². The lowest BCUT2D eigenvalue weighted by atomic mass is 10.2. The summed E-state index contributed by atoms with van der Waals surface area (Å²) in [4.78, 5) is 5.70. The predicted octanol–water partition coefficient (Wildman–Crippen LogP) is 3.90. The molecule has 4 nitrogen and oxygen atoms in total. The van der Waals surface area contributed by atoms with Crippen molar-refractivity contribution in [2.24, 2.45) is 4.99 Å². The van der Waals surface area contributed by atoms with Gasteiger partial charge in [-0.1, -0.05) is 23.7 Å². The molecule has 144 valence electrons. The number of nitrogens with zero attached hydrogens (tertiary/aromatic N) is 2. The Balaban J connectivity index is 0.00000576. The first-order valence-electron chi connectivity index (χ1n) is 7.82. The Labute approximate surface area is 169 Å². The van der Waals surface area contributed by atoms with Gasteiger partial charge in [-0.25, -0.2) is 4.99 Å². The number of alkyl halides is 3. The topological polar surface area (TPSA) is 39.7 Å². The summed E-state index contributed by atoms with van der Waals surface area (Å²) in [5.41, 5.74) is 0.990. The van der Waals surface area contributed by atoms with E-state index in [4.69, 9.17) is 11.6 Å². The van der Waals surface area contributed by atoms with E-state index in [9.17, 15) is 13.2 Å². The van der Waals surface area contributed by atoms with Crippen molar-refractivity contribution in [3.8, 4) is 0 Å². The van der Waals surface area contributed by atoms with Crippen molar-refractivity contribution in [3.05, 3.63) is 34.9 Å². The molecule has 0 aliphatic carbocycles. The molecule has 25 heavy (non-hydrogen) atoms. The summed E-state index contributed by atoms with van der Waals surface area (Å²) in [6, 6.07) is 7.45. The van der Waals surface area contributed by atoms with Crippen LogP contribution in [0.5, 0.6) is 0 Å². The van der Waals surface area contributed by atoms with Gasteiger partial charge in [0.2, 0.25) is 0 Å². The first kappa shape index (κ1) is 24.3. The largest absolute Gasteiger partial charge is 0.401 e. The van der Waals surface area contributed by atoms with Crippen molar-refractivity contribution in [1.29, 1.82) is 0 Å². The predicted molar refractivity (Wildman–Crippen MR) is 108 cm³/mol. The standard InChI is InChI=1S/C16H24ClF3N4.HI/c1-3-21-15(23-11-13-6-4-7-14(17)10-13)22-8-5-9-24(2)12-16(18,19)20;/h4,6-7,10H,3,5,8-9,11-12H2,1-2H3,(H2,21,22,23);1H. The van der Waals surface area contributed by atoms with Gasteiger partial charge in [0.1, 0.15) is 0 Å². The smallest absolute Gasteiger partial charge is 0.357 e. The van der Waals surface area contributed by atoms with E-state index in [1.54, 1.807) is 6.07 Å². The third-order valence-corrected chi connectivity index (χ3v) is 3.35. The summed E-state index contributed by atoms with van der Waals surface area (Å²) < 4.78 is 36.7. The number of hydrogen-bond acceptors (Lipinski definition) is 2. The molecular formula is C16H25ClF3IN4. The number of aliphatic imine (C=N–C) groups is 1. The molecule has 9 heteroatoms. The molecule has 1 rings (SSSR count). The Hall–Kier alpha value is -0.740. The van der Waals surface area contributed by atoms with E-state index in [0.29, 0.717) is 43.6 Å². The molecular weight excluding hydrogens is 468 g/mol. The van der Waals surface area contributed by atoms with Crippen molar-refractivity contribution in [2.45, 2.75) is 26.1 Å². The lowest BCUT2D eigenvalue weighted by Crippen LogP contribution is -2.39. The highest BCUT2D eigenvalue weighted by Gasteiger charge is 2.28. The van der Waals surface area contributed by atoms with Crippen LogP contribution in [0, 0.1) is 0 Å². The third-order valence-electron chi connectivity index (χ3n) is 3.11. The first-order chi connectivity index (χ1) is 11.3. The zero-order valence-electron chi connectivity index (χ0n) is 14.4. The molecule has 0 unspecified atom stereocenters. The van der Waals surface area contributed by atoms with Crippen LogP contribution in [0.1, 0.15) is 18.9 Å². The van der Waals surface area contributed by atoms with Gasteiger partial charge in [-0.05, 0) is 44.6 Å². The van der Waals surface area contributed by atoms with Crippen LogP contribution in [0.15, 0.2) is 29.3 Å². The fourth-order valence-electron chi connectivity index (χ4n) is 2.09. The number of rotatable bonds is 8. The number of benzene rings is 1. The molecule has 2 N–H and O–H groups in total. The number of guanidine groups is 1. The minimum absolute atomic E-state index is 0. The lowest BCUT2D eigenvalue weighted by Gasteiger charge is -2.18. The Kier molecular flexibility index (Phi) is 12.2.